The van der Waals surface area contributed by atoms with E-state index in [1.54, 1.807) is 12.3 Å². The number of nitrogens with zero attached hydrogens (tertiary/aromatic N) is 2. The van der Waals surface area contributed by atoms with Crippen molar-refractivity contribution in [2.75, 3.05) is 0 Å². The Morgan fingerprint density at radius 2 is 2.27 bits per heavy atom. The molecule has 1 N–H and O–H groups in total. The third-order valence-electron chi connectivity index (χ3n) is 1.44. The Balaban J connectivity index is 2.72. The van der Waals surface area contributed by atoms with Crippen LogP contribution in [0.2, 0.25) is 0 Å². The van der Waals surface area contributed by atoms with Crippen molar-refractivity contribution in [3.8, 4) is 12.1 Å². The van der Waals surface area contributed by atoms with Gasteiger partial charge in [0.2, 0.25) is 0 Å². The molecule has 0 fully saturated rings. The van der Waals surface area contributed by atoms with Crippen LogP contribution >= 0.6 is 0 Å². The predicted molar refractivity (Wildman–Crippen MR) is 39.4 cm³/mol. The summed E-state index contributed by atoms with van der Waals surface area (Å²) in [7, 11) is 0. The summed E-state index contributed by atoms with van der Waals surface area (Å²) in [5.41, 5.74) is 1.49. The van der Waals surface area contributed by atoms with Crippen molar-refractivity contribution in [1.29, 1.82) is 10.5 Å². The van der Waals surface area contributed by atoms with Crippen molar-refractivity contribution in [2.45, 2.75) is 12.8 Å². The van der Waals surface area contributed by atoms with Gasteiger partial charge < -0.3 is 4.98 Å². The van der Waals surface area contributed by atoms with E-state index >= 15 is 0 Å². The highest BCUT2D eigenvalue weighted by molar-refractivity contribution is 5.33. The van der Waals surface area contributed by atoms with Crippen LogP contribution in [-0.4, -0.2) is 4.98 Å². The van der Waals surface area contributed by atoms with Gasteiger partial charge in [-0.3, -0.25) is 0 Å². The Morgan fingerprint density at radius 1 is 1.45 bits per heavy atom. The van der Waals surface area contributed by atoms with Gasteiger partial charge in [-0.15, -0.1) is 0 Å². The van der Waals surface area contributed by atoms with Gasteiger partial charge in [0.15, 0.2) is 0 Å². The molecule has 0 amide bonds. The molecular weight excluding hydrogens is 138 g/mol. The van der Waals surface area contributed by atoms with Crippen molar-refractivity contribution in [2.24, 2.45) is 0 Å². The van der Waals surface area contributed by atoms with Gasteiger partial charge in [0.1, 0.15) is 6.07 Å². The summed E-state index contributed by atoms with van der Waals surface area (Å²) in [5, 5.41) is 16.8. The number of nitrogens with one attached hydrogen (secondary N) is 1. The summed E-state index contributed by atoms with van der Waals surface area (Å²) in [6.45, 7) is 0. The molecule has 0 aromatic carbocycles. The summed E-state index contributed by atoms with van der Waals surface area (Å²) in [5.74, 6) is 0. The van der Waals surface area contributed by atoms with Crippen molar-refractivity contribution >= 4 is 0 Å². The summed E-state index contributed by atoms with van der Waals surface area (Å²) in [6.07, 6.45) is 2.80. The minimum Gasteiger partial charge on any atom is -0.364 e. The second-order valence-corrected chi connectivity index (χ2v) is 2.14. The zero-order valence-corrected chi connectivity index (χ0v) is 5.96. The van der Waals surface area contributed by atoms with E-state index < -0.39 is 0 Å². The monoisotopic (exact) mass is 145 g/mol. The topological polar surface area (TPSA) is 63.4 Å². The van der Waals surface area contributed by atoms with E-state index in [0.717, 1.165) is 5.69 Å². The number of H-pyrrole nitrogens is 1. The van der Waals surface area contributed by atoms with Crippen LogP contribution in [0.25, 0.3) is 0 Å². The molecule has 3 heteroatoms. The van der Waals surface area contributed by atoms with E-state index in [1.807, 2.05) is 12.1 Å². The number of nitriles is 2. The molecule has 0 aliphatic heterocycles. The van der Waals surface area contributed by atoms with Crippen LogP contribution in [0.5, 0.6) is 0 Å². The molecule has 0 saturated carbocycles. The van der Waals surface area contributed by atoms with Gasteiger partial charge in [-0.25, -0.2) is 0 Å². The maximum absolute atomic E-state index is 8.55. The molecule has 1 heterocycles. The smallest absolute Gasteiger partial charge is 0.101 e. The molecule has 0 saturated heterocycles. The molecule has 0 bridgehead atoms. The largest absolute Gasteiger partial charge is 0.364 e. The number of aryl methyl sites for hydroxylation is 1. The third kappa shape index (κ3) is 1.59. The van der Waals surface area contributed by atoms with E-state index in [4.69, 9.17) is 10.5 Å². The van der Waals surface area contributed by atoms with Gasteiger partial charge in [-0.1, -0.05) is 0 Å². The van der Waals surface area contributed by atoms with Crippen molar-refractivity contribution in [3.05, 3.63) is 23.5 Å². The van der Waals surface area contributed by atoms with Crippen LogP contribution in [0, 0.1) is 22.7 Å². The summed E-state index contributed by atoms with van der Waals surface area (Å²) >= 11 is 0. The fourth-order valence-electron chi connectivity index (χ4n) is 0.896. The molecule has 0 aliphatic rings. The molecule has 0 spiro atoms. The quantitative estimate of drug-likeness (QED) is 0.682. The molecule has 1 rings (SSSR count). The zero-order chi connectivity index (χ0) is 8.10. The molecule has 0 atom stereocenters. The first-order valence-electron chi connectivity index (χ1n) is 3.32. The second-order valence-electron chi connectivity index (χ2n) is 2.14. The van der Waals surface area contributed by atoms with Gasteiger partial charge in [0.05, 0.1) is 11.6 Å². The Kier molecular flexibility index (Phi) is 2.30. The van der Waals surface area contributed by atoms with Crippen LogP contribution in [-0.2, 0) is 6.42 Å². The molecule has 0 aliphatic carbocycles. The van der Waals surface area contributed by atoms with Crippen molar-refractivity contribution < 1.29 is 0 Å². The first-order valence-corrected chi connectivity index (χ1v) is 3.32. The van der Waals surface area contributed by atoms with Crippen LogP contribution in [0.15, 0.2) is 12.3 Å². The normalized spacial score (nSPS) is 8.55. The predicted octanol–water partition coefficient (Wildman–Crippen LogP) is 1.34. The van der Waals surface area contributed by atoms with Crippen LogP contribution < -0.4 is 0 Å². The van der Waals surface area contributed by atoms with Gasteiger partial charge >= 0.3 is 0 Å². The van der Waals surface area contributed by atoms with Crippen LogP contribution in [0.4, 0.5) is 0 Å². The van der Waals surface area contributed by atoms with Gasteiger partial charge in [0.25, 0.3) is 0 Å². The number of aromatic nitrogens is 1. The molecule has 11 heavy (non-hydrogen) atoms. The molecule has 54 valence electrons. The lowest BCUT2D eigenvalue weighted by Crippen LogP contribution is -1.86. The maximum atomic E-state index is 8.55. The number of aromatic amines is 1. The first kappa shape index (κ1) is 7.37. The number of rotatable bonds is 2. The molecule has 0 radical (unpaired) electrons. The standard InChI is InChI=1S/C8H7N3/c9-4-1-2-8-7(6-10)3-5-11-8/h3,5,11H,1-2H2. The molecule has 3 nitrogen and oxygen atoms in total. The zero-order valence-electron chi connectivity index (χ0n) is 5.96. The SMILES string of the molecule is N#CCCc1[nH]ccc1C#N. The minimum atomic E-state index is 0.454. The lowest BCUT2D eigenvalue weighted by molar-refractivity contribution is 0.962. The fourth-order valence-corrected chi connectivity index (χ4v) is 0.896. The average Bonchev–Trinajstić information content (AvgIpc) is 2.47. The third-order valence-corrected chi connectivity index (χ3v) is 1.44. The maximum Gasteiger partial charge on any atom is 0.101 e. The Bertz CT molecular complexity index is 311. The van der Waals surface area contributed by atoms with E-state index in [1.165, 1.54) is 0 Å². The highest BCUT2D eigenvalue weighted by atomic mass is 14.7. The fraction of sp³-hybridized carbons (Fsp3) is 0.250. The molecule has 1 aromatic heterocycles. The van der Waals surface area contributed by atoms with E-state index in [0.29, 0.717) is 18.4 Å². The van der Waals surface area contributed by atoms with Crippen molar-refractivity contribution in [3.63, 3.8) is 0 Å². The van der Waals surface area contributed by atoms with E-state index in [-0.39, 0.29) is 0 Å². The lowest BCUT2D eigenvalue weighted by atomic mass is 10.2. The van der Waals surface area contributed by atoms with Gasteiger partial charge in [-0.05, 0) is 6.07 Å². The average molecular weight is 145 g/mol. The van der Waals surface area contributed by atoms with E-state index in [2.05, 4.69) is 4.98 Å². The minimum absolute atomic E-state index is 0.454. The van der Waals surface area contributed by atoms with Crippen LogP contribution in [0.1, 0.15) is 17.7 Å². The molecular formula is C8H7N3. The molecule has 1 aromatic rings. The number of hydrogen-bond acceptors (Lipinski definition) is 2. The molecule has 0 unspecified atom stereocenters. The highest BCUT2D eigenvalue weighted by Gasteiger charge is 2.00. The Hall–Kier alpha value is -1.74. The second kappa shape index (κ2) is 3.43. The van der Waals surface area contributed by atoms with Gasteiger partial charge in [0, 0.05) is 24.7 Å². The Labute approximate surface area is 64.9 Å². The highest BCUT2D eigenvalue weighted by Crippen LogP contribution is 2.06. The van der Waals surface area contributed by atoms with Crippen LogP contribution in [0.3, 0.4) is 0 Å². The number of hydrogen-bond donors (Lipinski definition) is 1. The summed E-state index contributed by atoms with van der Waals surface area (Å²) in [4.78, 5) is 2.92. The lowest BCUT2D eigenvalue weighted by Gasteiger charge is -1.90. The first-order chi connectivity index (χ1) is 5.38. The van der Waals surface area contributed by atoms with E-state index in [9.17, 15) is 0 Å². The summed E-state index contributed by atoms with van der Waals surface area (Å²) < 4.78 is 0. The Morgan fingerprint density at radius 3 is 2.91 bits per heavy atom. The summed E-state index contributed by atoms with van der Waals surface area (Å²) in [6, 6.07) is 5.79. The van der Waals surface area contributed by atoms with Gasteiger partial charge in [-0.2, -0.15) is 10.5 Å². The van der Waals surface area contributed by atoms with Crippen molar-refractivity contribution in [1.82, 2.24) is 4.98 Å².